The van der Waals surface area contributed by atoms with Crippen molar-refractivity contribution in [1.29, 1.82) is 0 Å². The molecule has 1 aromatic carbocycles. The summed E-state index contributed by atoms with van der Waals surface area (Å²) in [6.07, 6.45) is 3.23. The number of hydrogen-bond acceptors (Lipinski definition) is 3. The number of amides is 1. The molecule has 0 saturated heterocycles. The number of hydrogen-bond donors (Lipinski definition) is 2. The number of aromatic nitrogens is 1. The third-order valence-corrected chi connectivity index (χ3v) is 3.55. The van der Waals surface area contributed by atoms with Gasteiger partial charge in [-0.2, -0.15) is 0 Å². The second kappa shape index (κ2) is 4.85. The Balaban J connectivity index is 2.03. The average molecular weight is 269 g/mol. The van der Waals surface area contributed by atoms with Gasteiger partial charge in [0.25, 0.3) is 5.91 Å². The Hall–Kier alpha value is -2.56. The number of nitrogen functional groups attached to an aromatic ring is 1. The summed E-state index contributed by atoms with van der Waals surface area (Å²) in [5.41, 5.74) is 8.66. The maximum Gasteiger partial charge on any atom is 0.258 e. The maximum atomic E-state index is 12.6. The lowest BCUT2D eigenvalue weighted by Gasteiger charge is -2.30. The molecule has 1 amide bonds. The number of nitrogens with zero attached hydrogens (tertiary/aromatic N) is 1. The molecule has 1 aromatic heterocycles. The predicted octanol–water partition coefficient (Wildman–Crippen LogP) is 1.55. The molecule has 0 atom stereocenters. The molecular weight excluding hydrogens is 254 g/mol. The van der Waals surface area contributed by atoms with Crippen LogP contribution in [-0.2, 0) is 6.42 Å². The second-order valence-corrected chi connectivity index (χ2v) is 4.85. The van der Waals surface area contributed by atoms with E-state index in [-0.39, 0.29) is 11.5 Å². The van der Waals surface area contributed by atoms with Crippen LogP contribution >= 0.6 is 0 Å². The van der Waals surface area contributed by atoms with Crippen molar-refractivity contribution in [2.24, 2.45) is 0 Å². The Labute approximate surface area is 116 Å². The highest BCUT2D eigenvalue weighted by Gasteiger charge is 2.24. The van der Waals surface area contributed by atoms with Gasteiger partial charge in [0, 0.05) is 35.7 Å². The van der Waals surface area contributed by atoms with E-state index in [2.05, 4.69) is 4.98 Å². The smallest absolute Gasteiger partial charge is 0.258 e. The van der Waals surface area contributed by atoms with E-state index in [0.29, 0.717) is 17.8 Å². The highest BCUT2D eigenvalue weighted by molar-refractivity contribution is 6.07. The fourth-order valence-electron chi connectivity index (χ4n) is 2.60. The summed E-state index contributed by atoms with van der Waals surface area (Å²) in [7, 11) is 0. The van der Waals surface area contributed by atoms with Gasteiger partial charge in [0.1, 0.15) is 0 Å². The number of rotatable bonds is 1. The van der Waals surface area contributed by atoms with Crippen molar-refractivity contribution in [1.82, 2.24) is 4.98 Å². The topological polar surface area (TPSA) is 79.2 Å². The minimum absolute atomic E-state index is 0.164. The van der Waals surface area contributed by atoms with Crippen LogP contribution in [0.25, 0.3) is 0 Å². The molecule has 5 nitrogen and oxygen atoms in total. The summed E-state index contributed by atoms with van der Waals surface area (Å²) in [6.45, 7) is 0.641. The number of nitrogens with one attached hydrogen (secondary N) is 1. The highest BCUT2D eigenvalue weighted by atomic mass is 16.2. The minimum Gasteiger partial charge on any atom is -0.398 e. The molecule has 3 N–H and O–H groups in total. The van der Waals surface area contributed by atoms with Crippen molar-refractivity contribution >= 4 is 17.3 Å². The first kappa shape index (κ1) is 12.5. The van der Waals surface area contributed by atoms with Gasteiger partial charge in [-0.15, -0.1) is 0 Å². The molecule has 20 heavy (non-hydrogen) atoms. The van der Waals surface area contributed by atoms with Crippen LogP contribution in [0.4, 0.5) is 11.4 Å². The van der Waals surface area contributed by atoms with Gasteiger partial charge in [-0.25, -0.2) is 0 Å². The minimum atomic E-state index is -0.277. The molecule has 0 spiro atoms. The zero-order chi connectivity index (χ0) is 14.1. The lowest BCUT2D eigenvalue weighted by Crippen LogP contribution is -2.36. The number of carbonyl (C=O) groups is 1. The molecule has 2 heterocycles. The largest absolute Gasteiger partial charge is 0.398 e. The number of fused-ring (bicyclic) bond motifs is 1. The van der Waals surface area contributed by atoms with Crippen LogP contribution in [0.15, 0.2) is 41.3 Å². The van der Waals surface area contributed by atoms with Gasteiger partial charge in [-0.1, -0.05) is 6.07 Å². The van der Waals surface area contributed by atoms with E-state index < -0.39 is 0 Å². The molecule has 0 aliphatic carbocycles. The highest BCUT2D eigenvalue weighted by Crippen LogP contribution is 2.31. The Morgan fingerprint density at radius 3 is 2.95 bits per heavy atom. The first-order valence-corrected chi connectivity index (χ1v) is 6.55. The van der Waals surface area contributed by atoms with E-state index in [1.165, 1.54) is 12.3 Å². The van der Waals surface area contributed by atoms with Crippen LogP contribution in [0.1, 0.15) is 22.3 Å². The van der Waals surface area contributed by atoms with Gasteiger partial charge in [0.15, 0.2) is 0 Å². The van der Waals surface area contributed by atoms with Gasteiger partial charge in [0.05, 0.1) is 0 Å². The van der Waals surface area contributed by atoms with Crippen molar-refractivity contribution in [3.63, 3.8) is 0 Å². The monoisotopic (exact) mass is 269 g/mol. The Bertz CT molecular complexity index is 721. The summed E-state index contributed by atoms with van der Waals surface area (Å²) in [5.74, 6) is -0.164. The quantitative estimate of drug-likeness (QED) is 0.771. The zero-order valence-electron chi connectivity index (χ0n) is 10.9. The summed E-state index contributed by atoms with van der Waals surface area (Å²) in [6, 6.07) is 8.53. The van der Waals surface area contributed by atoms with Crippen LogP contribution in [-0.4, -0.2) is 17.4 Å². The van der Waals surface area contributed by atoms with Crippen molar-refractivity contribution in [3.05, 3.63) is 58.0 Å². The lowest BCUT2D eigenvalue weighted by molar-refractivity contribution is 0.0985. The molecule has 0 radical (unpaired) electrons. The van der Waals surface area contributed by atoms with Crippen molar-refractivity contribution in [3.8, 4) is 0 Å². The van der Waals surface area contributed by atoms with E-state index in [1.54, 1.807) is 11.0 Å². The summed E-state index contributed by atoms with van der Waals surface area (Å²) in [5, 5.41) is 0. The van der Waals surface area contributed by atoms with Crippen molar-refractivity contribution in [2.45, 2.75) is 12.8 Å². The average Bonchev–Trinajstić information content (AvgIpc) is 2.46. The summed E-state index contributed by atoms with van der Waals surface area (Å²) >= 11 is 0. The third-order valence-electron chi connectivity index (χ3n) is 3.55. The van der Waals surface area contributed by atoms with Gasteiger partial charge >= 0.3 is 0 Å². The number of aromatic amines is 1. The molecule has 0 saturated carbocycles. The number of H-pyrrole nitrogens is 1. The Kier molecular flexibility index (Phi) is 3.02. The zero-order valence-corrected chi connectivity index (χ0v) is 10.9. The van der Waals surface area contributed by atoms with Crippen molar-refractivity contribution in [2.75, 3.05) is 17.2 Å². The molecule has 102 valence electrons. The van der Waals surface area contributed by atoms with Crippen LogP contribution in [0.2, 0.25) is 0 Å². The Morgan fingerprint density at radius 2 is 2.15 bits per heavy atom. The van der Waals surface area contributed by atoms with Crippen LogP contribution in [0.3, 0.4) is 0 Å². The van der Waals surface area contributed by atoms with Crippen LogP contribution in [0, 0.1) is 0 Å². The second-order valence-electron chi connectivity index (χ2n) is 4.85. The number of nitrogens with two attached hydrogens (primary N) is 1. The molecule has 0 unspecified atom stereocenters. The standard InChI is InChI=1S/C15H15N3O2/c16-12-4-1-5-13-11(12)3-2-8-18(13)15(20)10-6-7-17-14(19)9-10/h1,4-7,9H,2-3,8,16H2,(H,17,19). The number of benzene rings is 1. The number of anilines is 2. The normalized spacial score (nSPS) is 13.9. The molecule has 3 rings (SSSR count). The van der Waals surface area contributed by atoms with Gasteiger partial charge in [-0.3, -0.25) is 9.59 Å². The van der Waals surface area contributed by atoms with Crippen LogP contribution in [0.5, 0.6) is 0 Å². The summed E-state index contributed by atoms with van der Waals surface area (Å²) < 4.78 is 0. The van der Waals surface area contributed by atoms with E-state index >= 15 is 0 Å². The Morgan fingerprint density at radius 1 is 1.30 bits per heavy atom. The number of pyridine rings is 1. The lowest BCUT2D eigenvalue weighted by atomic mass is 9.99. The molecule has 1 aliphatic rings. The predicted molar refractivity (Wildman–Crippen MR) is 77.9 cm³/mol. The van der Waals surface area contributed by atoms with Gasteiger partial charge in [0.2, 0.25) is 5.56 Å². The molecule has 1 aliphatic heterocycles. The molecule has 0 fully saturated rings. The first-order valence-electron chi connectivity index (χ1n) is 6.55. The van der Waals surface area contributed by atoms with E-state index in [0.717, 1.165) is 24.1 Å². The van der Waals surface area contributed by atoms with Crippen LogP contribution < -0.4 is 16.2 Å². The fourth-order valence-corrected chi connectivity index (χ4v) is 2.60. The molecule has 2 aromatic rings. The third kappa shape index (κ3) is 2.07. The fraction of sp³-hybridized carbons (Fsp3) is 0.200. The molecule has 5 heteroatoms. The molecular formula is C15H15N3O2. The van der Waals surface area contributed by atoms with E-state index in [4.69, 9.17) is 5.73 Å². The SMILES string of the molecule is Nc1cccc2c1CCCN2C(=O)c1cc[nH]c(=O)c1. The van der Waals surface area contributed by atoms with Crippen molar-refractivity contribution < 1.29 is 4.79 Å². The summed E-state index contributed by atoms with van der Waals surface area (Å²) in [4.78, 5) is 28.1. The molecule has 0 bridgehead atoms. The maximum absolute atomic E-state index is 12.6. The number of carbonyl (C=O) groups excluding carboxylic acids is 1. The van der Waals surface area contributed by atoms with Gasteiger partial charge in [-0.05, 0) is 36.6 Å². The van der Waals surface area contributed by atoms with E-state index in [9.17, 15) is 9.59 Å². The first-order chi connectivity index (χ1) is 9.66. The van der Waals surface area contributed by atoms with E-state index in [1.807, 2.05) is 18.2 Å². The van der Waals surface area contributed by atoms with Gasteiger partial charge < -0.3 is 15.6 Å².